The molecule has 1 N–H and O–H groups in total. The molecule has 1 aliphatic carbocycles. The third-order valence-electron chi connectivity index (χ3n) is 2.43. The lowest BCUT2D eigenvalue weighted by molar-refractivity contribution is -0.211. The lowest BCUT2D eigenvalue weighted by Crippen LogP contribution is -2.35. The molecular weight excluding hydrogens is 239 g/mol. The van der Waals surface area contributed by atoms with Crippen LogP contribution < -0.4 is 4.89 Å². The Labute approximate surface area is 94.6 Å². The van der Waals surface area contributed by atoms with Crippen molar-refractivity contribution < 1.29 is 23.8 Å². The predicted molar refractivity (Wildman–Crippen MR) is 56.8 cm³/mol. The maximum atomic E-state index is 11.4. The van der Waals surface area contributed by atoms with Crippen LogP contribution in [0, 0.1) is 0 Å². The molecule has 0 aromatic heterocycles. The highest BCUT2D eigenvalue weighted by molar-refractivity contribution is 8.06. The van der Waals surface area contributed by atoms with Crippen LogP contribution in [0.25, 0.3) is 0 Å². The number of rotatable bonds is 4. The van der Waals surface area contributed by atoms with E-state index in [2.05, 4.69) is 16.3 Å². The van der Waals surface area contributed by atoms with Crippen molar-refractivity contribution in [2.75, 3.05) is 14.2 Å². The lowest BCUT2D eigenvalue weighted by atomic mass is 9.93. The van der Waals surface area contributed by atoms with Gasteiger partial charge in [0.25, 0.3) is 0 Å². The number of aliphatic hydroxyl groups is 1. The van der Waals surface area contributed by atoms with Crippen LogP contribution in [0.15, 0.2) is 0 Å². The fraction of sp³-hybridized carbons (Fsp3) is 1.00. The van der Waals surface area contributed by atoms with Gasteiger partial charge in [0.15, 0.2) is 0 Å². The van der Waals surface area contributed by atoms with Gasteiger partial charge in [-0.15, -0.1) is 0 Å². The first-order chi connectivity index (χ1) is 6.96. The number of hydrogen-bond acceptors (Lipinski definition) is 6. The summed E-state index contributed by atoms with van der Waals surface area (Å²) < 4.78 is 14.8. The minimum absolute atomic E-state index is 0.0781. The SMILES string of the molecule is CO[C@@H]1C[C@@H](O)C[C@@H](OP([O-])(=S)OC)C1. The molecule has 1 unspecified atom stereocenters. The third-order valence-corrected chi connectivity index (χ3v) is 4.14. The molecule has 1 aliphatic rings. The van der Waals surface area contributed by atoms with Crippen LogP contribution >= 0.6 is 6.72 Å². The van der Waals surface area contributed by atoms with Gasteiger partial charge < -0.3 is 23.8 Å². The first-order valence-corrected chi connectivity index (χ1v) is 7.28. The zero-order valence-electron chi connectivity index (χ0n) is 8.79. The zero-order chi connectivity index (χ0) is 11.5. The molecule has 0 bridgehead atoms. The highest BCUT2D eigenvalue weighted by Crippen LogP contribution is 2.42. The second-order valence-electron chi connectivity index (χ2n) is 3.58. The molecular formula is C8H16O5PS-. The van der Waals surface area contributed by atoms with Gasteiger partial charge >= 0.3 is 0 Å². The quantitative estimate of drug-likeness (QED) is 0.722. The van der Waals surface area contributed by atoms with Crippen LogP contribution in [0.2, 0.25) is 0 Å². The maximum absolute atomic E-state index is 11.4. The fourth-order valence-electron chi connectivity index (χ4n) is 1.69. The molecule has 0 aromatic carbocycles. The summed E-state index contributed by atoms with van der Waals surface area (Å²) in [7, 11) is 2.82. The molecule has 1 saturated carbocycles. The van der Waals surface area contributed by atoms with E-state index in [-0.39, 0.29) is 12.2 Å². The van der Waals surface area contributed by atoms with E-state index in [1.54, 1.807) is 7.11 Å². The molecule has 5 nitrogen and oxygen atoms in total. The monoisotopic (exact) mass is 255 g/mol. The van der Waals surface area contributed by atoms with Gasteiger partial charge in [0.1, 0.15) is 6.72 Å². The van der Waals surface area contributed by atoms with Gasteiger partial charge in [-0.25, -0.2) is 0 Å². The summed E-state index contributed by atoms with van der Waals surface area (Å²) in [5, 5.41) is 9.53. The Kier molecular flexibility index (Phi) is 5.12. The smallest absolute Gasteiger partial charge is 0.115 e. The average molecular weight is 255 g/mol. The summed E-state index contributed by atoms with van der Waals surface area (Å²) in [5.41, 5.74) is 0. The van der Waals surface area contributed by atoms with E-state index >= 15 is 0 Å². The Bertz CT molecular complexity index is 249. The number of hydrogen-bond donors (Lipinski definition) is 1. The fourth-order valence-corrected chi connectivity index (χ4v) is 2.68. The van der Waals surface area contributed by atoms with Gasteiger partial charge in [0.05, 0.1) is 18.3 Å². The van der Waals surface area contributed by atoms with Crippen LogP contribution in [0.3, 0.4) is 0 Å². The van der Waals surface area contributed by atoms with E-state index in [9.17, 15) is 10.00 Å². The summed E-state index contributed by atoms with van der Waals surface area (Å²) in [6.45, 7) is -3.39. The second kappa shape index (κ2) is 5.68. The van der Waals surface area contributed by atoms with Crippen molar-refractivity contribution in [1.82, 2.24) is 0 Å². The van der Waals surface area contributed by atoms with Crippen molar-refractivity contribution in [3.63, 3.8) is 0 Å². The molecule has 0 saturated heterocycles. The van der Waals surface area contributed by atoms with E-state index in [1.807, 2.05) is 0 Å². The molecule has 1 rings (SSSR count). The van der Waals surface area contributed by atoms with E-state index in [1.165, 1.54) is 7.11 Å². The molecule has 7 heteroatoms. The maximum Gasteiger partial charge on any atom is 0.115 e. The molecule has 0 aliphatic heterocycles. The van der Waals surface area contributed by atoms with Crippen molar-refractivity contribution in [3.8, 4) is 0 Å². The molecule has 0 aromatic rings. The summed E-state index contributed by atoms with van der Waals surface area (Å²) in [5.74, 6) is 0. The summed E-state index contributed by atoms with van der Waals surface area (Å²) in [6.07, 6.45) is 0.639. The van der Waals surface area contributed by atoms with Crippen molar-refractivity contribution >= 4 is 18.5 Å². The molecule has 15 heavy (non-hydrogen) atoms. The Hall–Kier alpha value is 0.450. The molecule has 4 atom stereocenters. The number of methoxy groups -OCH3 is 1. The summed E-state index contributed by atoms with van der Waals surface area (Å²) in [6, 6.07) is 0. The predicted octanol–water partition coefficient (Wildman–Crippen LogP) is 0.163. The van der Waals surface area contributed by atoms with Gasteiger partial charge in [-0.3, -0.25) is 0 Å². The molecule has 0 radical (unpaired) electrons. The van der Waals surface area contributed by atoms with Crippen molar-refractivity contribution in [3.05, 3.63) is 0 Å². The van der Waals surface area contributed by atoms with Gasteiger partial charge in [0.2, 0.25) is 0 Å². The van der Waals surface area contributed by atoms with Crippen LogP contribution in [0.5, 0.6) is 0 Å². The van der Waals surface area contributed by atoms with Crippen LogP contribution in [0.4, 0.5) is 0 Å². The minimum Gasteiger partial charge on any atom is -0.780 e. The van der Waals surface area contributed by atoms with Gasteiger partial charge in [0, 0.05) is 27.1 Å². The normalized spacial score (nSPS) is 36.1. The summed E-state index contributed by atoms with van der Waals surface area (Å²) in [4.78, 5) is 11.4. The zero-order valence-corrected chi connectivity index (χ0v) is 10.5. The number of ether oxygens (including phenoxy) is 1. The van der Waals surface area contributed by atoms with Gasteiger partial charge in [-0.1, -0.05) is 11.8 Å². The second-order valence-corrected chi connectivity index (χ2v) is 6.39. The molecule has 0 spiro atoms. The van der Waals surface area contributed by atoms with Crippen LogP contribution in [0.1, 0.15) is 19.3 Å². The highest BCUT2D eigenvalue weighted by Gasteiger charge is 2.29. The Morgan fingerprint density at radius 2 is 1.87 bits per heavy atom. The average Bonchev–Trinajstić information content (AvgIpc) is 2.16. The Morgan fingerprint density at radius 3 is 2.40 bits per heavy atom. The molecule has 0 heterocycles. The van der Waals surface area contributed by atoms with Gasteiger partial charge in [-0.2, -0.15) is 0 Å². The number of aliphatic hydroxyl groups excluding tert-OH is 1. The first-order valence-electron chi connectivity index (χ1n) is 4.73. The largest absolute Gasteiger partial charge is 0.780 e. The van der Waals surface area contributed by atoms with Crippen molar-refractivity contribution in [1.29, 1.82) is 0 Å². The topological polar surface area (TPSA) is 71.0 Å². The van der Waals surface area contributed by atoms with E-state index in [4.69, 9.17) is 9.26 Å². The first kappa shape index (κ1) is 13.5. The van der Waals surface area contributed by atoms with E-state index in [0.717, 1.165) is 0 Å². The minimum atomic E-state index is -3.39. The van der Waals surface area contributed by atoms with Crippen molar-refractivity contribution in [2.45, 2.75) is 37.6 Å². The standard InChI is InChI=1S/C8H17O5PS/c1-11-7-3-6(9)4-8(5-7)13-14(10,15)12-2/h6-9H,3-5H2,1-2H3,(H,10,15)/p-1/t6-,7-,8-,14?/m1/s1. The summed E-state index contributed by atoms with van der Waals surface area (Å²) >= 11 is 4.63. The molecule has 1 fully saturated rings. The van der Waals surface area contributed by atoms with Crippen LogP contribution in [-0.2, 0) is 25.6 Å². The third kappa shape index (κ3) is 4.44. The Balaban J connectivity index is 2.51. The van der Waals surface area contributed by atoms with E-state index < -0.39 is 12.8 Å². The van der Waals surface area contributed by atoms with Gasteiger partial charge in [-0.05, 0) is 6.42 Å². The lowest BCUT2D eigenvalue weighted by Gasteiger charge is -2.36. The molecule has 0 amide bonds. The molecule has 90 valence electrons. The van der Waals surface area contributed by atoms with E-state index in [0.29, 0.717) is 19.3 Å². The Morgan fingerprint density at radius 1 is 1.27 bits per heavy atom. The highest BCUT2D eigenvalue weighted by atomic mass is 32.5. The van der Waals surface area contributed by atoms with Crippen LogP contribution in [-0.4, -0.2) is 37.6 Å². The van der Waals surface area contributed by atoms with Crippen molar-refractivity contribution in [2.24, 2.45) is 0 Å².